The zero-order chi connectivity index (χ0) is 12.4. The smallest absolute Gasteiger partial charge is 0.220 e. The van der Waals surface area contributed by atoms with Crippen molar-refractivity contribution in [2.45, 2.75) is 19.3 Å². The molecule has 0 aliphatic heterocycles. The van der Waals surface area contributed by atoms with Gasteiger partial charge in [-0.3, -0.25) is 0 Å². The highest BCUT2D eigenvalue weighted by Gasteiger charge is 2.11. The van der Waals surface area contributed by atoms with Gasteiger partial charge in [0.2, 0.25) is 5.88 Å². The van der Waals surface area contributed by atoms with E-state index in [0.29, 0.717) is 11.4 Å². The largest absolute Gasteiger partial charge is 0.439 e. The second-order valence-corrected chi connectivity index (χ2v) is 4.38. The minimum atomic E-state index is 0.465. The van der Waals surface area contributed by atoms with Crippen LogP contribution in [0.5, 0.6) is 11.6 Å². The first kappa shape index (κ1) is 10.8. The summed E-state index contributed by atoms with van der Waals surface area (Å²) in [5.74, 6) is 1.25. The molecule has 1 heterocycles. The Morgan fingerprint density at radius 1 is 1.11 bits per heavy atom. The summed E-state index contributed by atoms with van der Waals surface area (Å²) in [5, 5.41) is 8.82. The van der Waals surface area contributed by atoms with Gasteiger partial charge in [-0.05, 0) is 48.6 Å². The van der Waals surface area contributed by atoms with Crippen molar-refractivity contribution in [1.29, 1.82) is 5.26 Å². The van der Waals surface area contributed by atoms with Gasteiger partial charge in [0.05, 0.1) is 11.6 Å². The summed E-state index contributed by atoms with van der Waals surface area (Å²) in [7, 11) is 0. The molecule has 2 aromatic rings. The molecule has 0 spiro atoms. The van der Waals surface area contributed by atoms with Crippen LogP contribution in [0.4, 0.5) is 0 Å². The Balaban J connectivity index is 1.86. The molecule has 1 aromatic heterocycles. The molecular formula is C15H12N2O. The number of hydrogen-bond donors (Lipinski definition) is 0. The SMILES string of the molecule is N#Cc1ccnc(Oc2ccc3c(c2)CCC3)c1. The van der Waals surface area contributed by atoms with Crippen LogP contribution < -0.4 is 4.74 Å². The standard InChI is InChI=1S/C15H12N2O/c16-10-11-6-7-17-15(8-11)18-14-5-4-12-2-1-3-13(12)9-14/h4-9H,1-3H2. The van der Waals surface area contributed by atoms with Crippen LogP contribution in [0.1, 0.15) is 23.1 Å². The molecule has 0 unspecified atom stereocenters. The van der Waals surface area contributed by atoms with Crippen molar-refractivity contribution < 1.29 is 4.74 Å². The summed E-state index contributed by atoms with van der Waals surface area (Å²) in [6, 6.07) is 11.5. The van der Waals surface area contributed by atoms with E-state index in [9.17, 15) is 0 Å². The van der Waals surface area contributed by atoms with Crippen molar-refractivity contribution in [3.8, 4) is 17.7 Å². The first-order chi connectivity index (χ1) is 8.85. The average molecular weight is 236 g/mol. The lowest BCUT2D eigenvalue weighted by atomic mass is 10.1. The third-order valence-corrected chi connectivity index (χ3v) is 3.16. The van der Waals surface area contributed by atoms with Crippen molar-refractivity contribution in [2.24, 2.45) is 0 Å². The van der Waals surface area contributed by atoms with Crippen molar-refractivity contribution in [3.63, 3.8) is 0 Å². The van der Waals surface area contributed by atoms with E-state index in [-0.39, 0.29) is 0 Å². The predicted molar refractivity (Wildman–Crippen MR) is 67.5 cm³/mol. The Morgan fingerprint density at radius 2 is 2.00 bits per heavy atom. The number of ether oxygens (including phenoxy) is 1. The molecule has 3 rings (SSSR count). The van der Waals surface area contributed by atoms with Crippen molar-refractivity contribution >= 4 is 0 Å². The van der Waals surface area contributed by atoms with Gasteiger partial charge in [0.25, 0.3) is 0 Å². The monoisotopic (exact) mass is 236 g/mol. The molecule has 18 heavy (non-hydrogen) atoms. The molecule has 0 radical (unpaired) electrons. The van der Waals surface area contributed by atoms with Crippen LogP contribution in [-0.4, -0.2) is 4.98 Å². The van der Waals surface area contributed by atoms with Gasteiger partial charge < -0.3 is 4.74 Å². The quantitative estimate of drug-likeness (QED) is 0.804. The third kappa shape index (κ3) is 2.05. The number of aryl methyl sites for hydroxylation is 2. The van der Waals surface area contributed by atoms with E-state index in [0.717, 1.165) is 18.6 Å². The fourth-order valence-electron chi connectivity index (χ4n) is 2.27. The van der Waals surface area contributed by atoms with E-state index in [1.54, 1.807) is 18.3 Å². The number of benzene rings is 1. The number of fused-ring (bicyclic) bond motifs is 1. The fraction of sp³-hybridized carbons (Fsp3) is 0.200. The molecule has 0 bridgehead atoms. The summed E-state index contributed by atoms with van der Waals surface area (Å²) >= 11 is 0. The molecule has 0 saturated heterocycles. The van der Waals surface area contributed by atoms with Crippen LogP contribution >= 0.6 is 0 Å². The van der Waals surface area contributed by atoms with E-state index in [1.807, 2.05) is 6.07 Å². The second kappa shape index (κ2) is 4.50. The predicted octanol–water partition coefficient (Wildman–Crippen LogP) is 3.23. The fourth-order valence-corrected chi connectivity index (χ4v) is 2.27. The second-order valence-electron chi connectivity index (χ2n) is 4.38. The first-order valence-electron chi connectivity index (χ1n) is 6.01. The van der Waals surface area contributed by atoms with Gasteiger partial charge in [-0.25, -0.2) is 4.98 Å². The van der Waals surface area contributed by atoms with Crippen molar-refractivity contribution in [1.82, 2.24) is 4.98 Å². The molecule has 3 nitrogen and oxygen atoms in total. The average Bonchev–Trinajstić information content (AvgIpc) is 2.86. The van der Waals surface area contributed by atoms with E-state index >= 15 is 0 Å². The third-order valence-electron chi connectivity index (χ3n) is 3.16. The highest BCUT2D eigenvalue weighted by molar-refractivity contribution is 5.40. The molecule has 0 atom stereocenters. The minimum absolute atomic E-state index is 0.465. The summed E-state index contributed by atoms with van der Waals surface area (Å²) in [6.07, 6.45) is 5.10. The molecule has 0 saturated carbocycles. The Kier molecular flexibility index (Phi) is 2.70. The molecule has 1 aromatic carbocycles. The molecule has 0 fully saturated rings. The topological polar surface area (TPSA) is 45.9 Å². The summed E-state index contributed by atoms with van der Waals surface area (Å²) < 4.78 is 5.68. The minimum Gasteiger partial charge on any atom is -0.439 e. The number of pyridine rings is 1. The zero-order valence-corrected chi connectivity index (χ0v) is 9.89. The summed E-state index contributed by atoms with van der Waals surface area (Å²) in [5.41, 5.74) is 3.34. The van der Waals surface area contributed by atoms with Crippen molar-refractivity contribution in [2.75, 3.05) is 0 Å². The number of hydrogen-bond acceptors (Lipinski definition) is 3. The Bertz CT molecular complexity index is 629. The lowest BCUT2D eigenvalue weighted by Gasteiger charge is -2.06. The van der Waals surface area contributed by atoms with Gasteiger partial charge in [-0.2, -0.15) is 5.26 Å². The first-order valence-corrected chi connectivity index (χ1v) is 6.01. The number of rotatable bonds is 2. The summed E-state index contributed by atoms with van der Waals surface area (Å²) in [6.45, 7) is 0. The van der Waals surface area contributed by atoms with Gasteiger partial charge in [0.15, 0.2) is 0 Å². The molecule has 0 amide bonds. The van der Waals surface area contributed by atoms with Crippen LogP contribution in [0.3, 0.4) is 0 Å². The van der Waals surface area contributed by atoms with E-state index < -0.39 is 0 Å². The van der Waals surface area contributed by atoms with E-state index in [4.69, 9.17) is 10.00 Å². The van der Waals surface area contributed by atoms with Gasteiger partial charge in [0, 0.05) is 12.3 Å². The highest BCUT2D eigenvalue weighted by Crippen LogP contribution is 2.28. The molecule has 1 aliphatic rings. The summed E-state index contributed by atoms with van der Waals surface area (Å²) in [4.78, 5) is 4.10. The number of nitrogens with zero attached hydrogens (tertiary/aromatic N) is 2. The molecule has 3 heteroatoms. The van der Waals surface area contributed by atoms with Crippen LogP contribution in [-0.2, 0) is 12.8 Å². The van der Waals surface area contributed by atoms with Crippen LogP contribution in [0.2, 0.25) is 0 Å². The Morgan fingerprint density at radius 3 is 2.89 bits per heavy atom. The Hall–Kier alpha value is -2.34. The number of aromatic nitrogens is 1. The molecule has 0 N–H and O–H groups in total. The maximum absolute atomic E-state index is 8.82. The highest BCUT2D eigenvalue weighted by atomic mass is 16.5. The zero-order valence-electron chi connectivity index (χ0n) is 9.89. The lowest BCUT2D eigenvalue weighted by Crippen LogP contribution is -1.90. The van der Waals surface area contributed by atoms with Gasteiger partial charge >= 0.3 is 0 Å². The van der Waals surface area contributed by atoms with Crippen LogP contribution in [0.25, 0.3) is 0 Å². The molecular weight excluding hydrogens is 224 g/mol. The maximum atomic E-state index is 8.82. The van der Waals surface area contributed by atoms with Crippen molar-refractivity contribution in [3.05, 3.63) is 53.2 Å². The van der Waals surface area contributed by atoms with Gasteiger partial charge in [-0.15, -0.1) is 0 Å². The van der Waals surface area contributed by atoms with E-state index in [1.165, 1.54) is 17.5 Å². The van der Waals surface area contributed by atoms with Gasteiger partial charge in [0.1, 0.15) is 5.75 Å². The molecule has 1 aliphatic carbocycles. The van der Waals surface area contributed by atoms with Gasteiger partial charge in [-0.1, -0.05) is 6.07 Å². The number of nitriles is 1. The normalized spacial score (nSPS) is 12.8. The molecule has 88 valence electrons. The Labute approximate surface area is 106 Å². The lowest BCUT2D eigenvalue weighted by molar-refractivity contribution is 0.462. The van der Waals surface area contributed by atoms with Crippen LogP contribution in [0, 0.1) is 11.3 Å². The van der Waals surface area contributed by atoms with E-state index in [2.05, 4.69) is 23.2 Å². The van der Waals surface area contributed by atoms with Crippen LogP contribution in [0.15, 0.2) is 36.5 Å². The maximum Gasteiger partial charge on any atom is 0.220 e.